The van der Waals surface area contributed by atoms with Gasteiger partial charge in [-0.1, -0.05) is 0 Å². The third kappa shape index (κ3) is 18.4. The Hall–Kier alpha value is -8.23. The van der Waals surface area contributed by atoms with Crippen LogP contribution in [0.4, 0.5) is 0 Å². The molecule has 0 saturated heterocycles. The van der Waals surface area contributed by atoms with Crippen molar-refractivity contribution in [3.8, 4) is 22.3 Å². The highest BCUT2D eigenvalue weighted by atomic mass is 32.1. The Balaban J connectivity index is 0.000000211. The van der Waals surface area contributed by atoms with E-state index in [4.69, 9.17) is 13.8 Å². The Morgan fingerprint density at radius 1 is 0.188 bits per heavy atom. The summed E-state index contributed by atoms with van der Waals surface area (Å²) in [6.07, 6.45) is 0. The lowest BCUT2D eigenvalue weighted by molar-refractivity contribution is 0.501. The summed E-state index contributed by atoms with van der Waals surface area (Å²) in [6, 6.07) is 0. The van der Waals surface area contributed by atoms with Gasteiger partial charge in [-0.15, -0.1) is 22.7 Å². The third-order valence-electron chi connectivity index (χ3n) is 30.2. The maximum Gasteiger partial charge on any atom is 0.137 e. The van der Waals surface area contributed by atoms with E-state index < -0.39 is 0 Å². The molecule has 5 nitrogen and oxygen atoms in total. The molecule has 7 heterocycles. The van der Waals surface area contributed by atoms with Crippen LogP contribution in [0.1, 0.15) is 272 Å². The van der Waals surface area contributed by atoms with Gasteiger partial charge in [0.15, 0.2) is 0 Å². The van der Waals surface area contributed by atoms with Crippen LogP contribution in [0.2, 0.25) is 0 Å². The van der Waals surface area contributed by atoms with Gasteiger partial charge in [-0.25, -0.2) is 0 Å². The number of aromatic nitrogens is 3. The number of thiophene rings is 2. The number of aryl methyl sites for hydroxylation is 18. The van der Waals surface area contributed by atoms with Gasteiger partial charge < -0.3 is 18.0 Å². The van der Waals surface area contributed by atoms with Crippen LogP contribution in [0.5, 0.6) is 0 Å². The van der Waals surface area contributed by atoms with Crippen LogP contribution in [0, 0.1) is 339 Å². The number of furan rings is 2. The van der Waals surface area contributed by atoms with Gasteiger partial charge >= 0.3 is 0 Å². The van der Waals surface area contributed by atoms with E-state index in [1.807, 2.05) is 43.4 Å². The van der Waals surface area contributed by atoms with Gasteiger partial charge in [-0.3, -0.25) is 4.98 Å². The average Bonchev–Trinajstić information content (AvgIpc) is 1.56. The summed E-state index contributed by atoms with van der Waals surface area (Å²) >= 11 is 3.84. The van der Waals surface area contributed by atoms with Crippen molar-refractivity contribution in [1.82, 2.24) is 14.1 Å². The Morgan fingerprint density at radius 2 is 0.470 bits per heavy atom. The minimum atomic E-state index is 1.04. The first-order valence-corrected chi connectivity index (χ1v) is 44.3. The molecule has 0 unspecified atom stereocenters. The lowest BCUT2D eigenvalue weighted by Crippen LogP contribution is -2.05. The van der Waals surface area contributed by atoms with Gasteiger partial charge in [-0.2, -0.15) is 0 Å². The summed E-state index contributed by atoms with van der Waals surface area (Å²) in [4.78, 5) is 9.16. The Morgan fingerprint density at radius 3 is 0.803 bits per heavy atom. The van der Waals surface area contributed by atoms with Crippen LogP contribution in [0.15, 0.2) is 8.83 Å². The van der Waals surface area contributed by atoms with Crippen LogP contribution in [0.25, 0.3) is 54.2 Å². The summed E-state index contributed by atoms with van der Waals surface area (Å²) in [5, 5.41) is 4.27. The highest BCUT2D eigenvalue weighted by molar-refractivity contribution is 7.19. The number of fused-ring (bicyclic) bond motifs is 3. The first-order valence-electron chi connectivity index (χ1n) is 42.6. The minimum Gasteiger partial charge on any atom is -0.466 e. The molecule has 7 aromatic heterocycles. The maximum absolute atomic E-state index is 5.85. The van der Waals surface area contributed by atoms with Crippen molar-refractivity contribution in [3.63, 3.8) is 0 Å². The normalized spacial score (nSPS) is 11.0. The van der Waals surface area contributed by atoms with Crippen LogP contribution in [0.3, 0.4) is 0 Å². The highest BCUT2D eigenvalue weighted by Crippen LogP contribution is 2.44. The molecule has 0 spiro atoms. The second-order valence-electron chi connectivity index (χ2n) is 35.3. The smallest absolute Gasteiger partial charge is 0.137 e. The monoisotopic (exact) mass is 1610 g/mol. The molecule has 0 atom stereocenters. The molecular weight excluding hydrogens is 1460 g/mol. The van der Waals surface area contributed by atoms with Gasteiger partial charge in [0.25, 0.3) is 0 Å². The molecule has 117 heavy (non-hydrogen) atoms. The standard InChI is InChI=1S/C22H30.C20H27N.C15H21N.C14H18O.C14H18S.C9H15N.C8H12O.C8H12S/c1-11-13(3)17(7)21(18(8)14(11)4)22-19(9)15(5)12(2)16(6)20(22)10;1-10-11(2)14(5)19(15(6)12(10)3)20-16(7)13(4)17(8)21-18(20)9;1-8-9(2)11(4)15-14(10(8)3)12(5)13(6)16(15)7;2*1-7-8(2)10(4)14-13(9(7)3)11(5)12(6)15-14;1-6-7(2)9(4)10(5)8(6)3;2*1-5-6(2)8(4)9-7(5)3/h1-10H3;1-9H3;1-7H3;2*1-6H3;1-5H3;2*1-4H3. The second kappa shape index (κ2) is 38.0. The van der Waals surface area contributed by atoms with Gasteiger partial charge in [0.05, 0.1) is 5.52 Å². The fraction of sp³-hybridized carbons (Fsp3) is 0.464. The van der Waals surface area contributed by atoms with Crippen molar-refractivity contribution in [1.29, 1.82) is 0 Å². The molecule has 0 radical (unpaired) electrons. The molecule has 0 fully saturated rings. The van der Waals surface area contributed by atoms with Crippen LogP contribution in [-0.4, -0.2) is 14.1 Å². The zero-order valence-electron chi connectivity index (χ0n) is 83.5. The molecule has 13 rings (SSSR count). The van der Waals surface area contributed by atoms with E-state index in [-0.39, 0.29) is 0 Å². The molecule has 0 aliphatic heterocycles. The molecule has 632 valence electrons. The quantitative estimate of drug-likeness (QED) is 0.173. The van der Waals surface area contributed by atoms with E-state index in [9.17, 15) is 0 Å². The first kappa shape index (κ1) is 97.6. The number of hydrogen-bond donors (Lipinski definition) is 0. The predicted octanol–water partition coefficient (Wildman–Crippen LogP) is 32.8. The molecule has 0 amide bonds. The van der Waals surface area contributed by atoms with Gasteiger partial charge in [-0.05, 0) is 573 Å². The largest absolute Gasteiger partial charge is 0.466 e. The molecule has 0 saturated carbocycles. The van der Waals surface area contributed by atoms with Crippen molar-refractivity contribution < 1.29 is 8.83 Å². The fourth-order valence-corrected chi connectivity index (χ4v) is 19.9. The van der Waals surface area contributed by atoms with Crippen molar-refractivity contribution in [2.45, 2.75) is 339 Å². The molecule has 0 aliphatic carbocycles. The topological polar surface area (TPSA) is 49.0 Å². The predicted molar refractivity (Wildman–Crippen MR) is 523 cm³/mol. The summed E-state index contributed by atoms with van der Waals surface area (Å²) in [5.41, 5.74) is 68.2. The van der Waals surface area contributed by atoms with E-state index in [0.29, 0.717) is 0 Å². The molecule has 0 aliphatic rings. The Kier molecular flexibility index (Phi) is 31.7. The average molecular weight is 1610 g/mol. The number of rotatable bonds is 2. The third-order valence-corrected chi connectivity index (χ3v) is 32.7. The van der Waals surface area contributed by atoms with Gasteiger partial charge in [0, 0.05) is 78.2 Å². The number of hydrogen-bond acceptors (Lipinski definition) is 5. The van der Waals surface area contributed by atoms with Gasteiger partial charge in [0.2, 0.25) is 0 Å². The van der Waals surface area contributed by atoms with Crippen molar-refractivity contribution in [2.24, 2.45) is 14.1 Å². The van der Waals surface area contributed by atoms with E-state index in [1.54, 1.807) is 0 Å². The summed E-state index contributed by atoms with van der Waals surface area (Å²) in [7, 11) is 4.29. The summed E-state index contributed by atoms with van der Waals surface area (Å²) in [6.45, 7) is 108. The molecule has 7 heteroatoms. The first-order chi connectivity index (χ1) is 53.9. The van der Waals surface area contributed by atoms with Gasteiger partial charge in [0.1, 0.15) is 22.9 Å². The van der Waals surface area contributed by atoms with Crippen LogP contribution >= 0.6 is 22.7 Å². The zero-order chi connectivity index (χ0) is 89.8. The Labute approximate surface area is 720 Å². The van der Waals surface area contributed by atoms with E-state index in [1.165, 1.54) is 292 Å². The van der Waals surface area contributed by atoms with E-state index >= 15 is 0 Å². The SMILES string of the molecule is Cc1c(C)c(C)c(-c2c(C)c(C)c(C)c(C)c2C)c(C)c1C.Cc1c(C)c(C)c2c(c1C)c(C)c(C)n2C.Cc1c(C)c(C)n(C)c1C.Cc1nc(C)c(-c2c(C)c(C)c(C)c(C)c2C)c(C)c1C.Cc1oc(C)c(C)c1C.Cc1oc2c(C)c(C)c(C)c(C)c2c1C.Cc1sc(C)c(C)c1C.Cc1sc2c(C)c(C)c(C)c(C)c2c1C. The molecule has 0 bridgehead atoms. The lowest BCUT2D eigenvalue weighted by atomic mass is 9.80. The van der Waals surface area contributed by atoms with Crippen molar-refractivity contribution in [2.75, 3.05) is 0 Å². The molecular formula is C110H153N3O2S2. The molecule has 6 aromatic carbocycles. The number of pyridine rings is 1. The minimum absolute atomic E-state index is 1.04. The van der Waals surface area contributed by atoms with E-state index in [2.05, 4.69) is 342 Å². The summed E-state index contributed by atoms with van der Waals surface area (Å²) < 4.78 is 17.3. The second-order valence-corrected chi connectivity index (χ2v) is 37.9. The molecule has 0 N–H and O–H groups in total. The van der Waals surface area contributed by atoms with Crippen molar-refractivity contribution >= 4 is 54.6 Å². The van der Waals surface area contributed by atoms with E-state index in [0.717, 1.165) is 34.3 Å². The number of nitrogens with zero attached hydrogens (tertiary/aromatic N) is 3. The summed E-state index contributed by atoms with van der Waals surface area (Å²) in [5.74, 6) is 3.14. The van der Waals surface area contributed by atoms with Crippen molar-refractivity contribution in [3.05, 3.63) is 272 Å². The van der Waals surface area contributed by atoms with Crippen LogP contribution in [-0.2, 0) is 14.1 Å². The zero-order valence-corrected chi connectivity index (χ0v) is 85.1. The highest BCUT2D eigenvalue weighted by Gasteiger charge is 2.24. The maximum atomic E-state index is 5.85. The molecule has 13 aromatic rings. The fourth-order valence-electron chi connectivity index (χ4n) is 17.5. The van der Waals surface area contributed by atoms with Crippen LogP contribution < -0.4 is 0 Å². The lowest BCUT2D eigenvalue weighted by Gasteiger charge is -2.25. The Bertz CT molecular complexity index is 5540. The number of benzene rings is 6.